The lowest BCUT2D eigenvalue weighted by molar-refractivity contribution is 0.475. The van der Waals surface area contributed by atoms with E-state index in [1.54, 1.807) is 6.07 Å². The van der Waals surface area contributed by atoms with Gasteiger partial charge in [-0.2, -0.15) is 0 Å². The van der Waals surface area contributed by atoms with E-state index in [1.165, 1.54) is 11.3 Å². The van der Waals surface area contributed by atoms with Crippen molar-refractivity contribution >= 4 is 11.4 Å². The van der Waals surface area contributed by atoms with Gasteiger partial charge in [0.15, 0.2) is 0 Å². The van der Waals surface area contributed by atoms with Crippen LogP contribution >= 0.6 is 0 Å². The number of aromatic hydroxyl groups is 1. The number of hydrogen-bond donors (Lipinski definition) is 1. The monoisotopic (exact) mass is 225 g/mol. The molecule has 86 valence electrons. The van der Waals surface area contributed by atoms with Crippen LogP contribution in [0.1, 0.15) is 12.0 Å². The number of phenolic OH excluding ortho intramolecular Hbond substituents is 1. The third-order valence-corrected chi connectivity index (χ3v) is 3.25. The molecule has 2 aromatic rings. The molecule has 0 atom stereocenters. The van der Waals surface area contributed by atoms with Gasteiger partial charge in [0.1, 0.15) is 5.75 Å². The molecule has 1 N–H and O–H groups in total. The minimum absolute atomic E-state index is 0.325. The number of benzene rings is 2. The first-order valence-corrected chi connectivity index (χ1v) is 5.99. The highest BCUT2D eigenvalue weighted by Crippen LogP contribution is 2.34. The van der Waals surface area contributed by atoms with Crippen LogP contribution in [-0.4, -0.2) is 11.7 Å². The molecule has 0 unspecified atom stereocenters. The fourth-order valence-electron chi connectivity index (χ4n) is 2.46. The highest BCUT2D eigenvalue weighted by atomic mass is 16.3. The Hall–Kier alpha value is -1.96. The molecule has 1 aliphatic heterocycles. The summed E-state index contributed by atoms with van der Waals surface area (Å²) in [5.74, 6) is 0.325. The number of phenols is 1. The predicted molar refractivity (Wildman–Crippen MR) is 69.9 cm³/mol. The first-order valence-electron chi connectivity index (χ1n) is 5.99. The Morgan fingerprint density at radius 2 is 1.88 bits per heavy atom. The fourth-order valence-corrected chi connectivity index (χ4v) is 2.46. The average Bonchev–Trinajstić information content (AvgIpc) is 2.38. The van der Waals surface area contributed by atoms with Crippen LogP contribution in [0.5, 0.6) is 5.75 Å². The van der Waals surface area contributed by atoms with E-state index in [1.807, 2.05) is 18.2 Å². The zero-order chi connectivity index (χ0) is 11.7. The molecule has 0 fully saturated rings. The third-order valence-electron chi connectivity index (χ3n) is 3.25. The van der Waals surface area contributed by atoms with E-state index in [0.717, 1.165) is 25.1 Å². The van der Waals surface area contributed by atoms with Crippen molar-refractivity contribution < 1.29 is 5.11 Å². The third kappa shape index (κ3) is 1.86. The van der Waals surface area contributed by atoms with Crippen LogP contribution in [0.25, 0.3) is 0 Å². The van der Waals surface area contributed by atoms with Crippen molar-refractivity contribution in [3.05, 3.63) is 54.1 Å². The van der Waals surface area contributed by atoms with E-state index in [0.29, 0.717) is 5.75 Å². The standard InChI is InChI=1S/C15H15NO/c17-14-8-3-7-13(11-14)16-10-4-6-12-5-1-2-9-15(12)16/h1-3,5,7-9,11,17H,4,6,10H2. The van der Waals surface area contributed by atoms with E-state index in [-0.39, 0.29) is 0 Å². The summed E-state index contributed by atoms with van der Waals surface area (Å²) < 4.78 is 0. The Kier molecular flexibility index (Phi) is 2.48. The number of anilines is 2. The molecule has 3 rings (SSSR count). The van der Waals surface area contributed by atoms with Gasteiger partial charge >= 0.3 is 0 Å². The molecule has 0 amide bonds. The maximum atomic E-state index is 9.57. The normalized spacial score (nSPS) is 14.5. The molecule has 2 heteroatoms. The summed E-state index contributed by atoms with van der Waals surface area (Å²) in [6, 6.07) is 16.0. The van der Waals surface area contributed by atoms with Crippen molar-refractivity contribution in [3.63, 3.8) is 0 Å². The summed E-state index contributed by atoms with van der Waals surface area (Å²) in [5, 5.41) is 9.57. The Bertz CT molecular complexity index is 536. The number of para-hydroxylation sites is 1. The molecule has 0 aromatic heterocycles. The average molecular weight is 225 g/mol. The molecule has 0 bridgehead atoms. The second-order valence-electron chi connectivity index (χ2n) is 4.40. The van der Waals surface area contributed by atoms with E-state index >= 15 is 0 Å². The molecule has 2 nitrogen and oxygen atoms in total. The van der Waals surface area contributed by atoms with Gasteiger partial charge in [0.2, 0.25) is 0 Å². The van der Waals surface area contributed by atoms with Gasteiger partial charge in [0, 0.05) is 24.0 Å². The molecule has 0 saturated heterocycles. The van der Waals surface area contributed by atoms with E-state index < -0.39 is 0 Å². The van der Waals surface area contributed by atoms with Crippen LogP contribution in [0, 0.1) is 0 Å². The molecule has 2 aromatic carbocycles. The van der Waals surface area contributed by atoms with Gasteiger partial charge in [-0.1, -0.05) is 24.3 Å². The van der Waals surface area contributed by atoms with Gasteiger partial charge in [-0.15, -0.1) is 0 Å². The molecule has 0 aliphatic carbocycles. The topological polar surface area (TPSA) is 23.5 Å². The van der Waals surface area contributed by atoms with Crippen molar-refractivity contribution in [1.29, 1.82) is 0 Å². The largest absolute Gasteiger partial charge is 0.508 e. The molecular formula is C15H15NO. The van der Waals surface area contributed by atoms with Gasteiger partial charge in [0.05, 0.1) is 0 Å². The predicted octanol–water partition coefficient (Wildman–Crippen LogP) is 3.48. The summed E-state index contributed by atoms with van der Waals surface area (Å²) in [4.78, 5) is 2.28. The zero-order valence-corrected chi connectivity index (χ0v) is 9.63. The lowest BCUT2D eigenvalue weighted by Crippen LogP contribution is -2.24. The summed E-state index contributed by atoms with van der Waals surface area (Å²) in [5.41, 5.74) is 3.73. The van der Waals surface area contributed by atoms with Gasteiger partial charge in [-0.25, -0.2) is 0 Å². The minimum Gasteiger partial charge on any atom is -0.508 e. The second-order valence-corrected chi connectivity index (χ2v) is 4.40. The number of hydrogen-bond acceptors (Lipinski definition) is 2. The van der Waals surface area contributed by atoms with Crippen LogP contribution in [0.4, 0.5) is 11.4 Å². The number of nitrogens with zero attached hydrogens (tertiary/aromatic N) is 1. The van der Waals surface area contributed by atoms with Crippen LogP contribution in [0.2, 0.25) is 0 Å². The van der Waals surface area contributed by atoms with Crippen molar-refractivity contribution in [3.8, 4) is 5.75 Å². The summed E-state index contributed by atoms with van der Waals surface area (Å²) in [6.45, 7) is 1.01. The number of rotatable bonds is 1. The molecule has 0 radical (unpaired) electrons. The smallest absolute Gasteiger partial charge is 0.117 e. The maximum Gasteiger partial charge on any atom is 0.117 e. The molecule has 1 aliphatic rings. The fraction of sp³-hybridized carbons (Fsp3) is 0.200. The SMILES string of the molecule is Oc1cccc(N2CCCc3ccccc32)c1. The summed E-state index contributed by atoms with van der Waals surface area (Å²) in [6.07, 6.45) is 2.30. The molecule has 0 spiro atoms. The summed E-state index contributed by atoms with van der Waals surface area (Å²) in [7, 11) is 0. The highest BCUT2D eigenvalue weighted by Gasteiger charge is 2.17. The van der Waals surface area contributed by atoms with E-state index in [2.05, 4.69) is 29.2 Å². The van der Waals surface area contributed by atoms with Gasteiger partial charge in [-0.3, -0.25) is 0 Å². The minimum atomic E-state index is 0.325. The molecule has 17 heavy (non-hydrogen) atoms. The van der Waals surface area contributed by atoms with Crippen LogP contribution in [0.15, 0.2) is 48.5 Å². The van der Waals surface area contributed by atoms with E-state index in [4.69, 9.17) is 0 Å². The highest BCUT2D eigenvalue weighted by molar-refractivity contribution is 5.68. The van der Waals surface area contributed by atoms with Crippen molar-refractivity contribution in [2.24, 2.45) is 0 Å². The molecule has 0 saturated carbocycles. The van der Waals surface area contributed by atoms with Gasteiger partial charge < -0.3 is 10.0 Å². The Balaban J connectivity index is 2.06. The second kappa shape index (κ2) is 4.13. The van der Waals surface area contributed by atoms with Crippen LogP contribution < -0.4 is 4.90 Å². The molecule has 1 heterocycles. The van der Waals surface area contributed by atoms with Crippen molar-refractivity contribution in [2.75, 3.05) is 11.4 Å². The zero-order valence-electron chi connectivity index (χ0n) is 9.63. The Labute approximate surface area is 101 Å². The lowest BCUT2D eigenvalue weighted by atomic mass is 10.0. The van der Waals surface area contributed by atoms with E-state index in [9.17, 15) is 5.11 Å². The quantitative estimate of drug-likeness (QED) is 0.803. The number of fused-ring (bicyclic) bond motifs is 1. The van der Waals surface area contributed by atoms with Crippen LogP contribution in [-0.2, 0) is 6.42 Å². The number of aryl methyl sites for hydroxylation is 1. The lowest BCUT2D eigenvalue weighted by Gasteiger charge is -2.31. The first kappa shape index (κ1) is 10.2. The Morgan fingerprint density at radius 3 is 2.76 bits per heavy atom. The maximum absolute atomic E-state index is 9.57. The first-order chi connectivity index (χ1) is 8.34. The Morgan fingerprint density at radius 1 is 1.00 bits per heavy atom. The van der Waals surface area contributed by atoms with Gasteiger partial charge in [-0.05, 0) is 36.6 Å². The van der Waals surface area contributed by atoms with Crippen molar-refractivity contribution in [1.82, 2.24) is 0 Å². The van der Waals surface area contributed by atoms with Crippen LogP contribution in [0.3, 0.4) is 0 Å². The summed E-state index contributed by atoms with van der Waals surface area (Å²) >= 11 is 0. The molecular weight excluding hydrogens is 210 g/mol. The van der Waals surface area contributed by atoms with Gasteiger partial charge in [0.25, 0.3) is 0 Å². The van der Waals surface area contributed by atoms with Crippen molar-refractivity contribution in [2.45, 2.75) is 12.8 Å².